The predicted octanol–water partition coefficient (Wildman–Crippen LogP) is 1.50. The van der Waals surface area contributed by atoms with Crippen molar-refractivity contribution in [2.45, 2.75) is 33.1 Å². The third-order valence-corrected chi connectivity index (χ3v) is 4.59. The molecule has 1 amide bonds. The van der Waals surface area contributed by atoms with Gasteiger partial charge in [0.2, 0.25) is 11.9 Å². The topological polar surface area (TPSA) is 102 Å². The number of nitrogens with two attached hydrogens (primary N) is 1. The summed E-state index contributed by atoms with van der Waals surface area (Å²) < 4.78 is 1.84. The number of hydrogen-bond donors (Lipinski definition) is 2. The molecule has 0 radical (unpaired) electrons. The van der Waals surface area contributed by atoms with E-state index in [4.69, 9.17) is 5.73 Å². The number of hydrogen-bond acceptors (Lipinski definition) is 6. The lowest BCUT2D eigenvalue weighted by molar-refractivity contribution is -0.127. The van der Waals surface area contributed by atoms with E-state index in [2.05, 4.69) is 20.4 Å². The first-order valence-electron chi connectivity index (χ1n) is 8.62. The van der Waals surface area contributed by atoms with Crippen LogP contribution in [0.15, 0.2) is 6.07 Å². The Morgan fingerprint density at radius 3 is 2.76 bits per heavy atom. The Balaban J connectivity index is 1.66. The molecule has 8 heteroatoms. The maximum absolute atomic E-state index is 11.6. The highest BCUT2D eigenvalue weighted by Crippen LogP contribution is 2.26. The minimum absolute atomic E-state index is 0.234. The van der Waals surface area contributed by atoms with Crippen molar-refractivity contribution in [1.29, 1.82) is 0 Å². The Morgan fingerprint density at radius 2 is 2.12 bits per heavy atom. The Morgan fingerprint density at radius 1 is 1.32 bits per heavy atom. The molecule has 134 valence electrons. The first kappa shape index (κ1) is 17.2. The Labute approximate surface area is 147 Å². The second-order valence-electron chi connectivity index (χ2n) is 6.43. The molecule has 25 heavy (non-hydrogen) atoms. The van der Waals surface area contributed by atoms with Crippen molar-refractivity contribution in [3.63, 3.8) is 0 Å². The number of anilines is 2. The molecule has 0 atom stereocenters. The van der Waals surface area contributed by atoms with Crippen LogP contribution in [0, 0.1) is 13.8 Å². The predicted molar refractivity (Wildman–Crippen MR) is 97.0 cm³/mol. The first-order valence-corrected chi connectivity index (χ1v) is 8.62. The molecule has 0 aliphatic carbocycles. The molecule has 3 heterocycles. The smallest absolute Gasteiger partial charge is 0.222 e. The number of likely N-dealkylation sites (tertiary alicyclic amines) is 1. The van der Waals surface area contributed by atoms with E-state index in [-0.39, 0.29) is 11.9 Å². The molecule has 1 aliphatic rings. The minimum Gasteiger partial charge on any atom is -0.370 e. The van der Waals surface area contributed by atoms with Gasteiger partial charge in [-0.1, -0.05) is 0 Å². The van der Waals surface area contributed by atoms with Crippen molar-refractivity contribution in [1.82, 2.24) is 24.6 Å². The van der Waals surface area contributed by atoms with Gasteiger partial charge in [-0.05, 0) is 26.7 Å². The summed E-state index contributed by atoms with van der Waals surface area (Å²) in [6, 6.07) is 1.90. The van der Waals surface area contributed by atoms with Crippen molar-refractivity contribution in [2.75, 3.05) is 30.7 Å². The Hall–Kier alpha value is -2.64. The van der Waals surface area contributed by atoms with Gasteiger partial charge < -0.3 is 16.0 Å². The van der Waals surface area contributed by atoms with E-state index in [0.29, 0.717) is 12.2 Å². The van der Waals surface area contributed by atoms with Crippen LogP contribution < -0.4 is 11.1 Å². The lowest BCUT2D eigenvalue weighted by Crippen LogP contribution is -2.27. The van der Waals surface area contributed by atoms with Crippen molar-refractivity contribution >= 4 is 17.7 Å². The van der Waals surface area contributed by atoms with Crippen LogP contribution >= 0.6 is 0 Å². The highest BCUT2D eigenvalue weighted by Gasteiger charge is 2.19. The number of nitrogens with zero attached hydrogens (tertiary/aromatic N) is 5. The number of nitrogen functional groups attached to an aromatic ring is 1. The molecule has 0 bridgehead atoms. The van der Waals surface area contributed by atoms with Gasteiger partial charge in [0.15, 0.2) is 0 Å². The second kappa shape index (κ2) is 7.08. The summed E-state index contributed by atoms with van der Waals surface area (Å²) in [5.74, 6) is 1.19. The maximum atomic E-state index is 11.6. The van der Waals surface area contributed by atoms with E-state index in [1.54, 1.807) is 0 Å². The molecule has 3 N–H and O–H groups in total. The largest absolute Gasteiger partial charge is 0.370 e. The minimum atomic E-state index is 0.234. The van der Waals surface area contributed by atoms with Gasteiger partial charge >= 0.3 is 0 Å². The van der Waals surface area contributed by atoms with Crippen LogP contribution in [0.4, 0.5) is 11.8 Å². The summed E-state index contributed by atoms with van der Waals surface area (Å²) in [7, 11) is 1.91. The molecule has 2 aromatic heterocycles. The van der Waals surface area contributed by atoms with E-state index in [1.165, 1.54) is 0 Å². The normalized spacial score (nSPS) is 14.4. The van der Waals surface area contributed by atoms with Gasteiger partial charge in [-0.25, -0.2) is 4.98 Å². The van der Waals surface area contributed by atoms with Gasteiger partial charge in [0.25, 0.3) is 0 Å². The number of rotatable bonds is 6. The van der Waals surface area contributed by atoms with E-state index in [9.17, 15) is 4.79 Å². The maximum Gasteiger partial charge on any atom is 0.222 e. The number of aryl methyl sites for hydroxylation is 2. The molecule has 1 aliphatic heterocycles. The summed E-state index contributed by atoms with van der Waals surface area (Å²) in [5.41, 5.74) is 9.59. The van der Waals surface area contributed by atoms with E-state index in [1.807, 2.05) is 36.5 Å². The van der Waals surface area contributed by atoms with Crippen LogP contribution in [0.2, 0.25) is 0 Å². The second-order valence-corrected chi connectivity index (χ2v) is 6.43. The zero-order chi connectivity index (χ0) is 18.0. The van der Waals surface area contributed by atoms with E-state index in [0.717, 1.165) is 55.1 Å². The van der Waals surface area contributed by atoms with Crippen LogP contribution in [0.25, 0.3) is 11.3 Å². The summed E-state index contributed by atoms with van der Waals surface area (Å²) in [6.07, 6.45) is 2.53. The van der Waals surface area contributed by atoms with Crippen LogP contribution in [0.5, 0.6) is 0 Å². The van der Waals surface area contributed by atoms with Crippen molar-refractivity contribution in [2.24, 2.45) is 7.05 Å². The van der Waals surface area contributed by atoms with Gasteiger partial charge in [-0.15, -0.1) is 0 Å². The summed E-state index contributed by atoms with van der Waals surface area (Å²) in [4.78, 5) is 22.1. The molecule has 3 rings (SSSR count). The number of carbonyl (C=O) groups is 1. The molecule has 0 unspecified atom stereocenters. The molecule has 0 saturated carbocycles. The summed E-state index contributed by atoms with van der Waals surface area (Å²) >= 11 is 0. The average Bonchev–Trinajstić information content (AvgIpc) is 3.06. The Kier molecular flexibility index (Phi) is 4.87. The lowest BCUT2D eigenvalue weighted by atomic mass is 10.1. The number of aromatic nitrogens is 4. The zero-order valence-corrected chi connectivity index (χ0v) is 15.0. The average molecular weight is 343 g/mol. The third-order valence-electron chi connectivity index (χ3n) is 4.59. The molecule has 1 fully saturated rings. The standard InChI is InChI=1S/C17H25N7O/c1-11-16(12(2)23(3)22-11)13-10-14(21-17(18)20-13)19-7-5-9-24-8-4-6-15(24)25/h10H,4-9H2,1-3H3,(H3,18,19,20,21). The van der Waals surface area contributed by atoms with Crippen LogP contribution in [-0.2, 0) is 11.8 Å². The van der Waals surface area contributed by atoms with E-state index >= 15 is 0 Å². The van der Waals surface area contributed by atoms with Gasteiger partial charge in [0.1, 0.15) is 5.82 Å². The van der Waals surface area contributed by atoms with Crippen molar-refractivity contribution in [3.05, 3.63) is 17.5 Å². The highest BCUT2D eigenvalue weighted by atomic mass is 16.2. The lowest BCUT2D eigenvalue weighted by Gasteiger charge is -2.15. The van der Waals surface area contributed by atoms with Gasteiger partial charge in [-0.2, -0.15) is 10.1 Å². The Bertz CT molecular complexity index is 784. The molecule has 1 saturated heterocycles. The quantitative estimate of drug-likeness (QED) is 0.771. The third kappa shape index (κ3) is 3.72. The van der Waals surface area contributed by atoms with Crippen molar-refractivity contribution in [3.8, 4) is 11.3 Å². The molecular formula is C17H25N7O. The monoisotopic (exact) mass is 343 g/mol. The number of amides is 1. The van der Waals surface area contributed by atoms with Crippen LogP contribution in [-0.4, -0.2) is 50.2 Å². The summed E-state index contributed by atoms with van der Waals surface area (Å²) in [5, 5.41) is 7.71. The fourth-order valence-corrected chi connectivity index (χ4v) is 3.26. The number of nitrogens with one attached hydrogen (secondary N) is 1. The van der Waals surface area contributed by atoms with Crippen LogP contribution in [0.3, 0.4) is 0 Å². The first-order chi connectivity index (χ1) is 12.0. The summed E-state index contributed by atoms with van der Waals surface area (Å²) in [6.45, 7) is 6.35. The van der Waals surface area contributed by atoms with Crippen molar-refractivity contribution < 1.29 is 4.79 Å². The molecular weight excluding hydrogens is 318 g/mol. The molecule has 0 aromatic carbocycles. The molecule has 2 aromatic rings. The zero-order valence-electron chi connectivity index (χ0n) is 15.0. The van der Waals surface area contributed by atoms with E-state index < -0.39 is 0 Å². The number of carbonyl (C=O) groups excluding carboxylic acids is 1. The molecule has 0 spiro atoms. The SMILES string of the molecule is Cc1nn(C)c(C)c1-c1cc(NCCCN2CCCC2=O)nc(N)n1. The fourth-order valence-electron chi connectivity index (χ4n) is 3.26. The van der Waals surface area contributed by atoms with Crippen LogP contribution in [0.1, 0.15) is 30.7 Å². The van der Waals surface area contributed by atoms with Gasteiger partial charge in [0, 0.05) is 50.4 Å². The molecule has 8 nitrogen and oxygen atoms in total. The highest BCUT2D eigenvalue weighted by molar-refractivity contribution is 5.78. The fraction of sp³-hybridized carbons (Fsp3) is 0.529. The van der Waals surface area contributed by atoms with Gasteiger partial charge in [0.05, 0.1) is 11.4 Å². The van der Waals surface area contributed by atoms with Gasteiger partial charge in [-0.3, -0.25) is 9.48 Å².